The highest BCUT2D eigenvalue weighted by atomic mass is 16.6. The zero-order chi connectivity index (χ0) is 36.5. The van der Waals surface area contributed by atoms with Gasteiger partial charge in [-0.2, -0.15) is 0 Å². The first kappa shape index (κ1) is 38.1. The Kier molecular flexibility index (Phi) is 14.7. The van der Waals surface area contributed by atoms with Crippen molar-refractivity contribution in [3.05, 3.63) is 59.7 Å². The number of alkyl carbamates (subject to hydrolysis) is 2. The van der Waals surface area contributed by atoms with Crippen LogP contribution in [0.1, 0.15) is 42.7 Å². The van der Waals surface area contributed by atoms with Gasteiger partial charge in [-0.05, 0) is 52.8 Å². The Balaban J connectivity index is 0.800. The van der Waals surface area contributed by atoms with E-state index in [0.29, 0.717) is 50.7 Å². The molecule has 5 N–H and O–H groups in total. The van der Waals surface area contributed by atoms with E-state index >= 15 is 0 Å². The van der Waals surface area contributed by atoms with Crippen molar-refractivity contribution in [3.8, 4) is 23.0 Å². The Labute approximate surface area is 303 Å². The van der Waals surface area contributed by atoms with Gasteiger partial charge in [0.1, 0.15) is 13.2 Å². The second-order valence-electron chi connectivity index (χ2n) is 12.8. The van der Waals surface area contributed by atoms with E-state index in [2.05, 4.69) is 38.4 Å². The molecule has 52 heavy (non-hydrogen) atoms. The molecule has 0 saturated heterocycles. The van der Waals surface area contributed by atoms with Crippen LogP contribution in [0.3, 0.4) is 0 Å². The van der Waals surface area contributed by atoms with Gasteiger partial charge in [-0.25, -0.2) is 9.59 Å². The van der Waals surface area contributed by atoms with Gasteiger partial charge in [0, 0.05) is 31.8 Å². The van der Waals surface area contributed by atoms with Crippen molar-refractivity contribution >= 4 is 29.9 Å². The Bertz CT molecular complexity index is 1560. The Morgan fingerprint density at radius 1 is 0.577 bits per heavy atom. The van der Waals surface area contributed by atoms with E-state index in [-0.39, 0.29) is 45.3 Å². The zero-order valence-corrected chi connectivity index (χ0v) is 29.2. The predicted molar refractivity (Wildman–Crippen MR) is 190 cm³/mol. The second kappa shape index (κ2) is 20.0. The van der Waals surface area contributed by atoms with Gasteiger partial charge >= 0.3 is 12.2 Å². The lowest BCUT2D eigenvalue weighted by Crippen LogP contribution is -2.44. The summed E-state index contributed by atoms with van der Waals surface area (Å²) in [5.74, 6) is 6.39. The monoisotopic (exact) mass is 717 g/mol. The molecule has 14 heteroatoms. The van der Waals surface area contributed by atoms with Crippen LogP contribution in [-0.4, -0.2) is 102 Å². The van der Waals surface area contributed by atoms with Crippen molar-refractivity contribution in [2.75, 3.05) is 72.4 Å². The summed E-state index contributed by atoms with van der Waals surface area (Å²) in [6.45, 7) is 1.29. The number of benzene rings is 2. The summed E-state index contributed by atoms with van der Waals surface area (Å²) in [4.78, 5) is 60.4. The Morgan fingerprint density at radius 2 is 1.06 bits per heavy atom. The molecule has 2 aromatic rings. The molecule has 1 saturated carbocycles. The first-order valence-corrected chi connectivity index (χ1v) is 17.8. The smallest absolute Gasteiger partial charge is 0.407 e. The number of hydrogen-bond acceptors (Lipinski definition) is 9. The minimum Gasteiger partial charge on any atom is -0.449 e. The molecule has 0 bridgehead atoms. The lowest BCUT2D eigenvalue weighted by molar-refractivity contribution is -0.127. The number of carbonyl (C=O) groups is 5. The molecular weight excluding hydrogens is 670 g/mol. The topological polar surface area (TPSA) is 182 Å². The summed E-state index contributed by atoms with van der Waals surface area (Å²) in [5, 5.41) is 12.5. The van der Waals surface area contributed by atoms with E-state index < -0.39 is 29.9 Å². The Hall–Kier alpha value is -5.13. The molecule has 3 aliphatic rings. The van der Waals surface area contributed by atoms with Gasteiger partial charge in [0.15, 0.2) is 0 Å². The molecule has 2 aromatic carbocycles. The quantitative estimate of drug-likeness (QED) is 0.107. The largest absolute Gasteiger partial charge is 0.449 e. The van der Waals surface area contributed by atoms with Crippen molar-refractivity contribution in [2.45, 2.75) is 31.6 Å². The summed E-state index contributed by atoms with van der Waals surface area (Å²) in [6.07, 6.45) is 2.86. The van der Waals surface area contributed by atoms with E-state index in [4.69, 9.17) is 18.9 Å². The summed E-state index contributed by atoms with van der Waals surface area (Å²) in [5.41, 5.74) is 4.37. The van der Waals surface area contributed by atoms with Gasteiger partial charge < -0.3 is 45.5 Å². The fraction of sp³-hybridized carbons (Fsp3) is 0.500. The van der Waals surface area contributed by atoms with Crippen LogP contribution in [0.25, 0.3) is 11.1 Å². The number of rotatable bonds is 19. The number of amides is 5. The number of ether oxygens (including phenoxy) is 4. The third kappa shape index (κ3) is 11.7. The van der Waals surface area contributed by atoms with Crippen LogP contribution in [0.4, 0.5) is 9.59 Å². The molecular formula is C38H47N5O9. The molecule has 0 spiro atoms. The molecule has 5 rings (SSSR count). The van der Waals surface area contributed by atoms with Crippen LogP contribution in [-0.2, 0) is 33.3 Å². The van der Waals surface area contributed by atoms with Crippen molar-refractivity contribution in [1.29, 1.82) is 0 Å². The maximum Gasteiger partial charge on any atom is 0.407 e. The predicted octanol–water partition coefficient (Wildman–Crippen LogP) is 2.07. The highest BCUT2D eigenvalue weighted by molar-refractivity contribution is 5.89. The van der Waals surface area contributed by atoms with Crippen molar-refractivity contribution in [2.24, 2.45) is 17.8 Å². The molecule has 0 aromatic heterocycles. The third-order valence-electron chi connectivity index (χ3n) is 9.33. The standard InChI is InChI=1S/C38H47N5O9/c44-34(39-15-17-49-19-20-50-18-16-40-37(47)51-24-33-30-9-3-1-2-4-10-31(30)33)21-41-35(45)22-42-36(46)23-43-38(48)52-25-32-28-13-7-5-11-26(28)27-12-6-8-14-29(27)32/h5-8,11-14,30-33H,3-4,9-10,15-25H2,(H,39,44)(H,40,47)(H,41,45)(H,42,46)(H,43,48)/t30-,31+,33-. The highest BCUT2D eigenvalue weighted by Crippen LogP contribution is 2.52. The SMILES string of the molecule is O=C(CNC(=O)CNC(=O)CNC(=O)OCC1c2ccccc2-c2ccccc21)NCCOCCOCCNC(=O)OC[C@@H]1[C@@H]2CCC#CCC[C@@H]21. The summed E-state index contributed by atoms with van der Waals surface area (Å²) >= 11 is 0. The van der Waals surface area contributed by atoms with Crippen LogP contribution in [0.15, 0.2) is 48.5 Å². The Morgan fingerprint density at radius 3 is 1.65 bits per heavy atom. The minimum atomic E-state index is -0.746. The molecule has 0 heterocycles. The van der Waals surface area contributed by atoms with E-state index in [0.717, 1.165) is 47.9 Å². The van der Waals surface area contributed by atoms with Crippen LogP contribution < -0.4 is 26.6 Å². The molecule has 1 fully saturated rings. The zero-order valence-electron chi connectivity index (χ0n) is 29.2. The average molecular weight is 718 g/mol. The van der Waals surface area contributed by atoms with Gasteiger partial charge in [0.05, 0.1) is 46.1 Å². The number of carbonyl (C=O) groups excluding carboxylic acids is 5. The molecule has 3 aliphatic carbocycles. The lowest BCUT2D eigenvalue weighted by atomic mass is 9.98. The first-order chi connectivity index (χ1) is 25.4. The molecule has 0 radical (unpaired) electrons. The van der Waals surface area contributed by atoms with Crippen LogP contribution in [0.2, 0.25) is 0 Å². The minimum absolute atomic E-state index is 0.105. The van der Waals surface area contributed by atoms with Gasteiger partial charge in [-0.1, -0.05) is 48.5 Å². The average Bonchev–Trinajstić information content (AvgIpc) is 3.68. The van der Waals surface area contributed by atoms with E-state index in [1.54, 1.807) is 0 Å². The number of hydrogen-bond donors (Lipinski definition) is 5. The molecule has 278 valence electrons. The van der Waals surface area contributed by atoms with Crippen molar-refractivity contribution in [1.82, 2.24) is 26.6 Å². The summed E-state index contributed by atoms with van der Waals surface area (Å²) < 4.78 is 21.6. The summed E-state index contributed by atoms with van der Waals surface area (Å²) in [7, 11) is 0. The van der Waals surface area contributed by atoms with Crippen LogP contribution in [0, 0.1) is 29.6 Å². The second-order valence-corrected chi connectivity index (χ2v) is 12.8. The molecule has 14 nitrogen and oxygen atoms in total. The van der Waals surface area contributed by atoms with Gasteiger partial charge in [0.25, 0.3) is 0 Å². The fourth-order valence-corrected chi connectivity index (χ4v) is 6.66. The molecule has 5 amide bonds. The maximum absolute atomic E-state index is 12.3. The van der Waals surface area contributed by atoms with E-state index in [1.807, 2.05) is 48.5 Å². The van der Waals surface area contributed by atoms with Crippen LogP contribution >= 0.6 is 0 Å². The maximum atomic E-state index is 12.3. The third-order valence-corrected chi connectivity index (χ3v) is 9.33. The highest BCUT2D eigenvalue weighted by Gasteiger charge is 2.49. The number of fused-ring (bicyclic) bond motifs is 4. The molecule has 0 unspecified atom stereocenters. The van der Waals surface area contributed by atoms with E-state index in [1.165, 1.54) is 0 Å². The molecule has 3 atom stereocenters. The fourth-order valence-electron chi connectivity index (χ4n) is 6.66. The number of nitrogens with one attached hydrogen (secondary N) is 5. The van der Waals surface area contributed by atoms with Gasteiger partial charge in [0.2, 0.25) is 17.7 Å². The van der Waals surface area contributed by atoms with E-state index in [9.17, 15) is 24.0 Å². The van der Waals surface area contributed by atoms with Crippen molar-refractivity contribution in [3.63, 3.8) is 0 Å². The van der Waals surface area contributed by atoms with Crippen molar-refractivity contribution < 1.29 is 42.9 Å². The van der Waals surface area contributed by atoms with Gasteiger partial charge in [-0.3, -0.25) is 14.4 Å². The summed E-state index contributed by atoms with van der Waals surface area (Å²) in [6, 6.07) is 15.9. The lowest BCUT2D eigenvalue weighted by Gasteiger charge is -2.14. The van der Waals surface area contributed by atoms with Crippen LogP contribution in [0.5, 0.6) is 0 Å². The van der Waals surface area contributed by atoms with Gasteiger partial charge in [-0.15, -0.1) is 11.8 Å². The molecule has 0 aliphatic heterocycles. The first-order valence-electron chi connectivity index (χ1n) is 17.8. The normalized spacial score (nSPS) is 18.0.